The van der Waals surface area contributed by atoms with Crippen molar-refractivity contribution in [1.82, 2.24) is 0 Å². The number of hydrogen-bond acceptors (Lipinski definition) is 5. The van der Waals surface area contributed by atoms with Crippen molar-refractivity contribution in [2.45, 2.75) is 31.6 Å². The van der Waals surface area contributed by atoms with Gasteiger partial charge in [-0.05, 0) is 25.7 Å². The van der Waals surface area contributed by atoms with Crippen LogP contribution in [0.3, 0.4) is 0 Å². The van der Waals surface area contributed by atoms with E-state index in [-0.39, 0.29) is 6.54 Å². The Kier molecular flexibility index (Phi) is 4.11. The maximum atomic E-state index is 11.6. The molecular weight excluding hydrogens is 286 g/mol. The summed E-state index contributed by atoms with van der Waals surface area (Å²) in [6, 6.07) is 0. The summed E-state index contributed by atoms with van der Waals surface area (Å²) in [7, 11) is 1.61. The predicted octanol–water partition coefficient (Wildman–Crippen LogP) is 1.47. The zero-order valence-electron chi connectivity index (χ0n) is 12.7. The molecule has 120 valence electrons. The minimum atomic E-state index is -0.934. The van der Waals surface area contributed by atoms with Gasteiger partial charge >= 0.3 is 5.97 Å². The van der Waals surface area contributed by atoms with E-state index in [1.807, 2.05) is 0 Å². The Morgan fingerprint density at radius 2 is 1.86 bits per heavy atom. The van der Waals surface area contributed by atoms with Crippen LogP contribution in [0.15, 0.2) is 0 Å². The highest BCUT2D eigenvalue weighted by atomic mass is 16.5. The summed E-state index contributed by atoms with van der Waals surface area (Å²) < 4.78 is 17.2. The van der Waals surface area contributed by atoms with Crippen molar-refractivity contribution in [3.05, 3.63) is 16.7 Å². The van der Waals surface area contributed by atoms with E-state index in [1.54, 1.807) is 7.11 Å². The fourth-order valence-electron chi connectivity index (χ4n) is 3.36. The number of carbonyl (C=O) groups is 1. The average molecular weight is 307 g/mol. The van der Waals surface area contributed by atoms with Gasteiger partial charge in [0.15, 0.2) is 11.5 Å². The lowest BCUT2D eigenvalue weighted by Crippen LogP contribution is -2.27. The molecular formula is C16H21NO5. The molecule has 0 aromatic heterocycles. The topological polar surface area (TPSA) is 91.0 Å². The Bertz CT molecular complexity index is 562. The summed E-state index contributed by atoms with van der Waals surface area (Å²) in [5.41, 5.74) is 8.20. The number of fused-ring (bicyclic) bond motifs is 2. The normalized spacial score (nSPS) is 17.5. The van der Waals surface area contributed by atoms with E-state index in [1.165, 1.54) is 0 Å². The first-order chi connectivity index (χ1) is 10.7. The number of carboxylic acid groups (broad SMARTS) is 1. The summed E-state index contributed by atoms with van der Waals surface area (Å²) in [6.07, 6.45) is 3.27. The number of hydrogen-bond donors (Lipinski definition) is 2. The third-order valence-corrected chi connectivity index (χ3v) is 4.32. The molecule has 6 nitrogen and oxygen atoms in total. The van der Waals surface area contributed by atoms with Crippen LogP contribution in [0.2, 0.25) is 0 Å². The minimum absolute atomic E-state index is 0.0316. The van der Waals surface area contributed by atoms with Gasteiger partial charge in [0.2, 0.25) is 0 Å². The molecule has 3 N–H and O–H groups in total. The van der Waals surface area contributed by atoms with Gasteiger partial charge < -0.3 is 25.1 Å². The molecule has 0 radical (unpaired) electrons. The molecule has 2 aliphatic rings. The number of methoxy groups -OCH3 is 1. The van der Waals surface area contributed by atoms with Gasteiger partial charge in [-0.2, -0.15) is 0 Å². The van der Waals surface area contributed by atoms with Crippen molar-refractivity contribution >= 4 is 5.97 Å². The average Bonchev–Trinajstić information content (AvgIpc) is 2.54. The molecule has 22 heavy (non-hydrogen) atoms. The second-order valence-corrected chi connectivity index (χ2v) is 5.59. The van der Waals surface area contributed by atoms with E-state index >= 15 is 0 Å². The lowest BCUT2D eigenvalue weighted by Gasteiger charge is -2.31. The Morgan fingerprint density at radius 1 is 1.23 bits per heavy atom. The first-order valence-electron chi connectivity index (χ1n) is 7.63. The van der Waals surface area contributed by atoms with E-state index in [9.17, 15) is 9.90 Å². The first kappa shape index (κ1) is 15.0. The number of aliphatic carboxylic acids is 1. The van der Waals surface area contributed by atoms with Crippen molar-refractivity contribution in [1.29, 1.82) is 0 Å². The first-order valence-corrected chi connectivity index (χ1v) is 7.63. The molecule has 0 aliphatic carbocycles. The molecule has 2 aliphatic heterocycles. The van der Waals surface area contributed by atoms with E-state index in [4.69, 9.17) is 19.9 Å². The maximum absolute atomic E-state index is 11.6. The maximum Gasteiger partial charge on any atom is 0.312 e. The molecule has 1 aromatic rings. The standard InChI is InChI=1S/C16H21NO5/c1-20-14-10-5-3-6-21-13(10)12(11(8-17)16(18)19)9-4-2-7-22-15(9)14/h11H,2-8,17H2,1H3,(H,18,19). The molecule has 0 bridgehead atoms. The predicted molar refractivity (Wildman–Crippen MR) is 80.1 cm³/mol. The van der Waals surface area contributed by atoms with Crippen LogP contribution in [-0.2, 0) is 17.6 Å². The molecule has 1 atom stereocenters. The van der Waals surface area contributed by atoms with Gasteiger partial charge in [-0.3, -0.25) is 4.79 Å². The SMILES string of the molecule is COc1c2c(c(C(CN)C(=O)O)c3c1OCCC3)OCCC2. The fraction of sp³-hybridized carbons (Fsp3) is 0.562. The van der Waals surface area contributed by atoms with Crippen LogP contribution in [0.4, 0.5) is 0 Å². The number of carboxylic acids is 1. The van der Waals surface area contributed by atoms with Gasteiger partial charge in [0, 0.05) is 23.2 Å². The summed E-state index contributed by atoms with van der Waals surface area (Å²) >= 11 is 0. The monoisotopic (exact) mass is 307 g/mol. The fourth-order valence-corrected chi connectivity index (χ4v) is 3.36. The van der Waals surface area contributed by atoms with Crippen molar-refractivity contribution in [3.63, 3.8) is 0 Å². The van der Waals surface area contributed by atoms with E-state index in [0.717, 1.165) is 36.8 Å². The van der Waals surface area contributed by atoms with Crippen LogP contribution in [-0.4, -0.2) is 37.9 Å². The van der Waals surface area contributed by atoms with Crippen LogP contribution in [0.1, 0.15) is 35.4 Å². The zero-order valence-corrected chi connectivity index (χ0v) is 12.7. The second-order valence-electron chi connectivity index (χ2n) is 5.59. The Morgan fingerprint density at radius 3 is 2.45 bits per heavy atom. The Labute approximate surface area is 129 Å². The highest BCUT2D eigenvalue weighted by Crippen LogP contribution is 2.50. The van der Waals surface area contributed by atoms with Crippen LogP contribution < -0.4 is 19.9 Å². The van der Waals surface area contributed by atoms with Crippen LogP contribution >= 0.6 is 0 Å². The zero-order chi connectivity index (χ0) is 15.7. The number of benzene rings is 1. The largest absolute Gasteiger partial charge is 0.493 e. The summed E-state index contributed by atoms with van der Waals surface area (Å²) in [6.45, 7) is 1.23. The third kappa shape index (κ3) is 2.27. The Hall–Kier alpha value is -1.95. The van der Waals surface area contributed by atoms with Crippen molar-refractivity contribution in [3.8, 4) is 17.2 Å². The molecule has 2 heterocycles. The lowest BCUT2D eigenvalue weighted by molar-refractivity contribution is -0.138. The summed E-state index contributed by atoms with van der Waals surface area (Å²) in [5.74, 6) is 0.289. The molecule has 0 saturated heterocycles. The smallest absolute Gasteiger partial charge is 0.312 e. The molecule has 1 aromatic carbocycles. The molecule has 0 spiro atoms. The van der Waals surface area contributed by atoms with Crippen molar-refractivity contribution in [2.75, 3.05) is 26.9 Å². The third-order valence-electron chi connectivity index (χ3n) is 4.32. The summed E-state index contributed by atoms with van der Waals surface area (Å²) in [4.78, 5) is 11.6. The molecule has 0 amide bonds. The quantitative estimate of drug-likeness (QED) is 0.875. The number of nitrogens with two attached hydrogens (primary N) is 1. The van der Waals surface area contributed by atoms with Gasteiger partial charge in [-0.15, -0.1) is 0 Å². The van der Waals surface area contributed by atoms with Crippen LogP contribution in [0.5, 0.6) is 17.2 Å². The van der Waals surface area contributed by atoms with Crippen molar-refractivity contribution < 1.29 is 24.1 Å². The number of rotatable bonds is 4. The highest BCUT2D eigenvalue weighted by molar-refractivity contribution is 5.80. The van der Waals surface area contributed by atoms with Crippen LogP contribution in [0.25, 0.3) is 0 Å². The minimum Gasteiger partial charge on any atom is -0.493 e. The van der Waals surface area contributed by atoms with Gasteiger partial charge in [0.25, 0.3) is 0 Å². The molecule has 6 heteroatoms. The Balaban J connectivity index is 2.29. The van der Waals surface area contributed by atoms with E-state index in [2.05, 4.69) is 0 Å². The second kappa shape index (κ2) is 6.04. The van der Waals surface area contributed by atoms with Gasteiger partial charge in [0.1, 0.15) is 5.75 Å². The van der Waals surface area contributed by atoms with Gasteiger partial charge in [-0.1, -0.05) is 0 Å². The molecule has 3 rings (SSSR count). The van der Waals surface area contributed by atoms with E-state index < -0.39 is 11.9 Å². The number of ether oxygens (including phenoxy) is 3. The van der Waals surface area contributed by atoms with E-state index in [0.29, 0.717) is 36.0 Å². The lowest BCUT2D eigenvalue weighted by atomic mass is 9.85. The highest BCUT2D eigenvalue weighted by Gasteiger charge is 2.35. The summed E-state index contributed by atoms with van der Waals surface area (Å²) in [5, 5.41) is 9.55. The van der Waals surface area contributed by atoms with Gasteiger partial charge in [-0.25, -0.2) is 0 Å². The molecule has 0 saturated carbocycles. The van der Waals surface area contributed by atoms with Gasteiger partial charge in [0.05, 0.1) is 26.2 Å². The molecule has 1 unspecified atom stereocenters. The van der Waals surface area contributed by atoms with Crippen LogP contribution in [0, 0.1) is 0 Å². The van der Waals surface area contributed by atoms with Crippen molar-refractivity contribution in [2.24, 2.45) is 5.73 Å². The molecule has 0 fully saturated rings.